The van der Waals surface area contributed by atoms with Crippen molar-refractivity contribution >= 4 is 17.0 Å². The topological polar surface area (TPSA) is 34.1 Å². The van der Waals surface area contributed by atoms with Crippen molar-refractivity contribution in [1.29, 1.82) is 0 Å². The molecule has 0 aromatic carbocycles. The molecule has 2 heterocycles. The van der Waals surface area contributed by atoms with Gasteiger partial charge in [0.05, 0.1) is 30.4 Å². The maximum absolute atomic E-state index is 5.26. The Morgan fingerprint density at radius 2 is 2.31 bits per heavy atom. The first-order valence-corrected chi connectivity index (χ1v) is 5.94. The summed E-state index contributed by atoms with van der Waals surface area (Å²) < 4.78 is 5.26. The lowest BCUT2D eigenvalue weighted by Crippen LogP contribution is -2.01. The molecule has 4 heteroatoms. The lowest BCUT2D eigenvalue weighted by Gasteiger charge is -2.08. The molecule has 2 aromatic rings. The van der Waals surface area contributed by atoms with Crippen molar-refractivity contribution in [2.75, 3.05) is 12.4 Å². The van der Waals surface area contributed by atoms with E-state index in [1.807, 2.05) is 23.7 Å². The molecule has 0 spiro atoms. The van der Waals surface area contributed by atoms with E-state index in [1.54, 1.807) is 24.6 Å². The Kier molecular flexibility index (Phi) is 3.41. The fourth-order valence-electron chi connectivity index (χ4n) is 1.46. The minimum absolute atomic E-state index is 0.771. The second kappa shape index (κ2) is 4.99. The number of methoxy groups -OCH3 is 1. The number of aryl methyl sites for hydroxylation is 1. The van der Waals surface area contributed by atoms with Gasteiger partial charge in [-0.2, -0.15) is 0 Å². The minimum atomic E-state index is 0.771. The number of hydrogen-bond donors (Lipinski definition) is 1. The Bertz CT molecular complexity index is 468. The van der Waals surface area contributed by atoms with Crippen LogP contribution in [0.4, 0.5) is 5.69 Å². The second-order valence-corrected chi connectivity index (χ2v) is 4.46. The van der Waals surface area contributed by atoms with Crippen molar-refractivity contribution < 1.29 is 4.74 Å². The molecule has 0 radical (unpaired) electrons. The largest absolute Gasteiger partial charge is 0.496 e. The Hall–Kier alpha value is -1.55. The zero-order chi connectivity index (χ0) is 11.4. The van der Waals surface area contributed by atoms with Crippen LogP contribution >= 0.6 is 11.3 Å². The highest BCUT2D eigenvalue weighted by atomic mass is 32.1. The Morgan fingerprint density at radius 1 is 1.44 bits per heavy atom. The maximum atomic E-state index is 5.26. The van der Waals surface area contributed by atoms with Crippen LogP contribution in [0.1, 0.15) is 10.4 Å². The number of hydrogen-bond acceptors (Lipinski definition) is 4. The molecule has 16 heavy (non-hydrogen) atoms. The van der Waals surface area contributed by atoms with Crippen LogP contribution in [0.5, 0.6) is 5.75 Å². The van der Waals surface area contributed by atoms with Gasteiger partial charge in [0.15, 0.2) is 0 Å². The molecule has 3 nitrogen and oxygen atoms in total. The van der Waals surface area contributed by atoms with Crippen molar-refractivity contribution in [3.05, 3.63) is 40.3 Å². The SMILES string of the molecule is COc1ccsc1CNc1cnccc1C. The predicted octanol–water partition coefficient (Wildman–Crippen LogP) is 3.07. The van der Waals surface area contributed by atoms with Gasteiger partial charge in [0.1, 0.15) is 5.75 Å². The molecule has 0 aliphatic carbocycles. The quantitative estimate of drug-likeness (QED) is 0.882. The van der Waals surface area contributed by atoms with Gasteiger partial charge in [-0.05, 0) is 30.0 Å². The number of ether oxygens (including phenoxy) is 1. The van der Waals surface area contributed by atoms with Gasteiger partial charge in [0.2, 0.25) is 0 Å². The van der Waals surface area contributed by atoms with Crippen molar-refractivity contribution in [2.45, 2.75) is 13.5 Å². The third-order valence-electron chi connectivity index (χ3n) is 2.40. The fraction of sp³-hybridized carbons (Fsp3) is 0.250. The van der Waals surface area contributed by atoms with Crippen molar-refractivity contribution in [3.8, 4) is 5.75 Å². The van der Waals surface area contributed by atoms with E-state index in [2.05, 4.69) is 17.2 Å². The predicted molar refractivity (Wildman–Crippen MR) is 67.2 cm³/mol. The van der Waals surface area contributed by atoms with Crippen LogP contribution in [0.25, 0.3) is 0 Å². The van der Waals surface area contributed by atoms with Crippen molar-refractivity contribution in [2.24, 2.45) is 0 Å². The number of nitrogens with zero attached hydrogens (tertiary/aromatic N) is 1. The average molecular weight is 234 g/mol. The number of pyridine rings is 1. The van der Waals surface area contributed by atoms with Gasteiger partial charge in [-0.15, -0.1) is 11.3 Å². The Balaban J connectivity index is 2.05. The van der Waals surface area contributed by atoms with Gasteiger partial charge in [-0.1, -0.05) is 0 Å². The number of thiophene rings is 1. The Labute approximate surface area is 99.1 Å². The molecule has 0 saturated heterocycles. The highest BCUT2D eigenvalue weighted by Gasteiger charge is 2.04. The molecule has 0 bridgehead atoms. The standard InChI is InChI=1S/C12H14N2OS/c1-9-3-5-13-7-10(9)14-8-12-11(15-2)4-6-16-12/h3-7,14H,8H2,1-2H3. The first kappa shape index (κ1) is 11.0. The second-order valence-electron chi connectivity index (χ2n) is 3.46. The minimum Gasteiger partial charge on any atom is -0.496 e. The number of aromatic nitrogens is 1. The molecule has 0 saturated carbocycles. The third-order valence-corrected chi connectivity index (χ3v) is 3.31. The molecule has 0 aliphatic rings. The van der Waals surface area contributed by atoms with Crippen LogP contribution in [-0.4, -0.2) is 12.1 Å². The van der Waals surface area contributed by atoms with Crippen LogP contribution in [0.15, 0.2) is 29.9 Å². The van der Waals surface area contributed by atoms with Crippen molar-refractivity contribution in [1.82, 2.24) is 4.98 Å². The molecule has 84 valence electrons. The van der Waals surface area contributed by atoms with E-state index in [-0.39, 0.29) is 0 Å². The highest BCUT2D eigenvalue weighted by molar-refractivity contribution is 7.10. The summed E-state index contributed by atoms with van der Waals surface area (Å²) in [5, 5.41) is 5.39. The molecule has 0 fully saturated rings. The van der Waals surface area contributed by atoms with Gasteiger partial charge in [0.25, 0.3) is 0 Å². The van der Waals surface area contributed by atoms with E-state index in [1.165, 1.54) is 10.4 Å². The van der Waals surface area contributed by atoms with E-state index >= 15 is 0 Å². The van der Waals surface area contributed by atoms with E-state index in [4.69, 9.17) is 4.74 Å². The fourth-order valence-corrected chi connectivity index (χ4v) is 2.24. The van der Waals surface area contributed by atoms with Crippen molar-refractivity contribution in [3.63, 3.8) is 0 Å². The van der Waals surface area contributed by atoms with Crippen LogP contribution in [0.2, 0.25) is 0 Å². The molecule has 0 amide bonds. The lowest BCUT2D eigenvalue weighted by atomic mass is 10.2. The molecule has 0 aliphatic heterocycles. The molecule has 2 rings (SSSR count). The van der Waals surface area contributed by atoms with Crippen LogP contribution in [0.3, 0.4) is 0 Å². The van der Waals surface area contributed by atoms with Crippen LogP contribution < -0.4 is 10.1 Å². The van der Waals surface area contributed by atoms with Gasteiger partial charge >= 0.3 is 0 Å². The molecule has 1 N–H and O–H groups in total. The van der Waals surface area contributed by atoms with E-state index < -0.39 is 0 Å². The molecule has 0 unspecified atom stereocenters. The molecular formula is C12H14N2OS. The Morgan fingerprint density at radius 3 is 3.06 bits per heavy atom. The van der Waals surface area contributed by atoms with Crippen LogP contribution in [-0.2, 0) is 6.54 Å². The zero-order valence-corrected chi connectivity index (χ0v) is 10.2. The number of anilines is 1. The van der Waals surface area contributed by atoms with Gasteiger partial charge in [-0.25, -0.2) is 0 Å². The summed E-state index contributed by atoms with van der Waals surface area (Å²) in [5.41, 5.74) is 2.27. The van der Waals surface area contributed by atoms with E-state index in [0.29, 0.717) is 0 Å². The maximum Gasteiger partial charge on any atom is 0.134 e. The van der Waals surface area contributed by atoms with E-state index in [9.17, 15) is 0 Å². The average Bonchev–Trinajstić information content (AvgIpc) is 2.75. The summed E-state index contributed by atoms with van der Waals surface area (Å²) >= 11 is 1.69. The van der Waals surface area contributed by atoms with Gasteiger partial charge in [-0.3, -0.25) is 4.98 Å². The first-order valence-electron chi connectivity index (χ1n) is 5.06. The normalized spacial score (nSPS) is 10.1. The summed E-state index contributed by atoms with van der Waals surface area (Å²) in [4.78, 5) is 5.30. The summed E-state index contributed by atoms with van der Waals surface area (Å²) in [6.45, 7) is 2.84. The number of rotatable bonds is 4. The summed E-state index contributed by atoms with van der Waals surface area (Å²) in [6.07, 6.45) is 3.64. The summed E-state index contributed by atoms with van der Waals surface area (Å²) in [7, 11) is 1.70. The smallest absolute Gasteiger partial charge is 0.134 e. The third kappa shape index (κ3) is 2.33. The van der Waals surface area contributed by atoms with Gasteiger partial charge in [0, 0.05) is 6.20 Å². The van der Waals surface area contributed by atoms with Crippen LogP contribution in [0, 0.1) is 6.92 Å². The highest BCUT2D eigenvalue weighted by Crippen LogP contribution is 2.25. The van der Waals surface area contributed by atoms with Gasteiger partial charge < -0.3 is 10.1 Å². The molecular weight excluding hydrogens is 220 g/mol. The molecule has 2 aromatic heterocycles. The summed E-state index contributed by atoms with van der Waals surface area (Å²) in [6, 6.07) is 3.98. The number of nitrogens with one attached hydrogen (secondary N) is 1. The first-order chi connectivity index (χ1) is 7.81. The monoisotopic (exact) mass is 234 g/mol. The summed E-state index contributed by atoms with van der Waals surface area (Å²) in [5.74, 6) is 0.944. The zero-order valence-electron chi connectivity index (χ0n) is 9.36. The lowest BCUT2D eigenvalue weighted by molar-refractivity contribution is 0.413. The van der Waals surface area contributed by atoms with E-state index in [0.717, 1.165) is 18.0 Å². The molecule has 0 atom stereocenters.